The van der Waals surface area contributed by atoms with Crippen LogP contribution in [0.2, 0.25) is 0 Å². The molecule has 2 N–H and O–H groups in total. The van der Waals surface area contributed by atoms with Gasteiger partial charge in [0, 0.05) is 32.2 Å². The van der Waals surface area contributed by atoms with Crippen LogP contribution in [0.25, 0.3) is 0 Å². The van der Waals surface area contributed by atoms with Gasteiger partial charge in [-0.05, 0) is 39.3 Å². The van der Waals surface area contributed by atoms with Crippen LogP contribution in [0.3, 0.4) is 0 Å². The molecule has 0 radical (unpaired) electrons. The maximum Gasteiger partial charge on any atom is 0.0107 e. The van der Waals surface area contributed by atoms with Crippen molar-refractivity contribution in [2.45, 2.75) is 39.2 Å². The molecule has 90 valence electrons. The van der Waals surface area contributed by atoms with E-state index < -0.39 is 0 Å². The summed E-state index contributed by atoms with van der Waals surface area (Å²) in [7, 11) is 0. The summed E-state index contributed by atoms with van der Waals surface area (Å²) in [6, 6.07) is 0.684. The van der Waals surface area contributed by atoms with E-state index in [1.54, 1.807) is 0 Å². The zero-order valence-corrected chi connectivity index (χ0v) is 10.4. The molecule has 0 aromatic rings. The Balaban J connectivity index is 1.87. The minimum atomic E-state index is 0.684. The predicted octanol–water partition coefficient (Wildman–Crippen LogP) is 1.06. The maximum absolute atomic E-state index is 3.54. The fourth-order valence-corrected chi connectivity index (χ4v) is 1.89. The van der Waals surface area contributed by atoms with E-state index in [0.29, 0.717) is 6.04 Å². The van der Waals surface area contributed by atoms with E-state index in [9.17, 15) is 0 Å². The lowest BCUT2D eigenvalue weighted by Crippen LogP contribution is -2.43. The zero-order chi connectivity index (χ0) is 10.9. The molecule has 0 saturated carbocycles. The predicted molar refractivity (Wildman–Crippen MR) is 66.3 cm³/mol. The molecule has 1 heterocycles. The first-order valence-electron chi connectivity index (χ1n) is 6.49. The van der Waals surface area contributed by atoms with Crippen LogP contribution in [0.5, 0.6) is 0 Å². The van der Waals surface area contributed by atoms with Crippen LogP contribution in [0.1, 0.15) is 33.1 Å². The van der Waals surface area contributed by atoms with Crippen LogP contribution in [-0.4, -0.2) is 50.2 Å². The Morgan fingerprint density at radius 1 is 1.27 bits per heavy atom. The topological polar surface area (TPSA) is 27.3 Å². The van der Waals surface area contributed by atoms with E-state index in [1.165, 1.54) is 58.5 Å². The molecule has 0 bridgehead atoms. The van der Waals surface area contributed by atoms with Crippen molar-refractivity contribution in [3.63, 3.8) is 0 Å². The number of hydrogen-bond acceptors (Lipinski definition) is 3. The van der Waals surface area contributed by atoms with Crippen LogP contribution in [0.4, 0.5) is 0 Å². The summed E-state index contributed by atoms with van der Waals surface area (Å²) in [5.41, 5.74) is 0. The van der Waals surface area contributed by atoms with Crippen molar-refractivity contribution >= 4 is 0 Å². The highest BCUT2D eigenvalue weighted by Gasteiger charge is 2.07. The number of rotatable bonds is 7. The van der Waals surface area contributed by atoms with E-state index in [0.717, 1.165) is 0 Å². The van der Waals surface area contributed by atoms with Gasteiger partial charge in [0.2, 0.25) is 0 Å². The van der Waals surface area contributed by atoms with E-state index in [2.05, 4.69) is 29.4 Å². The third-order valence-electron chi connectivity index (χ3n) is 3.22. The molecule has 1 rings (SSSR count). The van der Waals surface area contributed by atoms with Gasteiger partial charge in [0.05, 0.1) is 0 Å². The van der Waals surface area contributed by atoms with Crippen LogP contribution in [-0.2, 0) is 0 Å². The summed E-state index contributed by atoms with van der Waals surface area (Å²) in [6.45, 7) is 11.8. The summed E-state index contributed by atoms with van der Waals surface area (Å²) in [4.78, 5) is 2.57. The SMILES string of the molecule is CCC(C)NCCCCN1CCNCC1. The normalized spacial score (nSPS) is 20.4. The second kappa shape index (κ2) is 8.08. The highest BCUT2D eigenvalue weighted by Crippen LogP contribution is 1.97. The molecule has 0 amide bonds. The molecule has 1 fully saturated rings. The molecular formula is C12H27N3. The summed E-state index contributed by atoms with van der Waals surface area (Å²) in [6.07, 6.45) is 3.88. The minimum absolute atomic E-state index is 0.684. The van der Waals surface area contributed by atoms with Gasteiger partial charge in [-0.25, -0.2) is 0 Å². The summed E-state index contributed by atoms with van der Waals surface area (Å²) >= 11 is 0. The molecule has 3 nitrogen and oxygen atoms in total. The fraction of sp³-hybridized carbons (Fsp3) is 1.00. The largest absolute Gasteiger partial charge is 0.314 e. The number of hydrogen-bond donors (Lipinski definition) is 2. The van der Waals surface area contributed by atoms with Crippen molar-refractivity contribution in [3.05, 3.63) is 0 Å². The Hall–Kier alpha value is -0.120. The van der Waals surface area contributed by atoms with Crippen LogP contribution < -0.4 is 10.6 Å². The van der Waals surface area contributed by atoms with E-state index >= 15 is 0 Å². The monoisotopic (exact) mass is 213 g/mol. The van der Waals surface area contributed by atoms with Gasteiger partial charge in [-0.3, -0.25) is 0 Å². The maximum atomic E-state index is 3.54. The molecule has 0 aromatic carbocycles. The van der Waals surface area contributed by atoms with Gasteiger partial charge >= 0.3 is 0 Å². The number of nitrogens with one attached hydrogen (secondary N) is 2. The van der Waals surface area contributed by atoms with E-state index in [-0.39, 0.29) is 0 Å². The van der Waals surface area contributed by atoms with Gasteiger partial charge < -0.3 is 15.5 Å². The van der Waals surface area contributed by atoms with Gasteiger partial charge in [0.15, 0.2) is 0 Å². The Bertz CT molecular complexity index is 144. The lowest BCUT2D eigenvalue weighted by atomic mass is 10.2. The number of unbranched alkanes of at least 4 members (excludes halogenated alkanes) is 1. The van der Waals surface area contributed by atoms with Crippen molar-refractivity contribution in [1.82, 2.24) is 15.5 Å². The summed E-state index contributed by atoms with van der Waals surface area (Å²) < 4.78 is 0. The quantitative estimate of drug-likeness (QED) is 0.619. The van der Waals surface area contributed by atoms with Gasteiger partial charge in [0.25, 0.3) is 0 Å². The highest BCUT2D eigenvalue weighted by molar-refractivity contribution is 4.67. The molecule has 3 heteroatoms. The molecule has 1 unspecified atom stereocenters. The molecule has 15 heavy (non-hydrogen) atoms. The van der Waals surface area contributed by atoms with Crippen molar-refractivity contribution in [2.75, 3.05) is 39.3 Å². The third kappa shape index (κ3) is 6.13. The second-order valence-electron chi connectivity index (χ2n) is 4.56. The van der Waals surface area contributed by atoms with Gasteiger partial charge in [-0.15, -0.1) is 0 Å². The Morgan fingerprint density at radius 2 is 2.00 bits per heavy atom. The van der Waals surface area contributed by atoms with Crippen LogP contribution in [0, 0.1) is 0 Å². The third-order valence-corrected chi connectivity index (χ3v) is 3.22. The minimum Gasteiger partial charge on any atom is -0.314 e. The molecule has 1 aliphatic rings. The van der Waals surface area contributed by atoms with E-state index in [4.69, 9.17) is 0 Å². The van der Waals surface area contributed by atoms with Gasteiger partial charge in [-0.2, -0.15) is 0 Å². The number of nitrogens with zero attached hydrogens (tertiary/aromatic N) is 1. The van der Waals surface area contributed by atoms with Crippen molar-refractivity contribution in [3.8, 4) is 0 Å². The number of piperazine rings is 1. The van der Waals surface area contributed by atoms with E-state index in [1.807, 2.05) is 0 Å². The highest BCUT2D eigenvalue weighted by atomic mass is 15.2. The molecule has 1 atom stereocenters. The molecule has 0 spiro atoms. The zero-order valence-electron chi connectivity index (χ0n) is 10.4. The lowest BCUT2D eigenvalue weighted by molar-refractivity contribution is 0.236. The average molecular weight is 213 g/mol. The average Bonchev–Trinajstić information content (AvgIpc) is 2.29. The molecule has 1 saturated heterocycles. The summed E-state index contributed by atoms with van der Waals surface area (Å²) in [5.74, 6) is 0. The van der Waals surface area contributed by atoms with Crippen molar-refractivity contribution < 1.29 is 0 Å². The standard InChI is InChI=1S/C12H27N3/c1-3-12(2)14-6-4-5-9-15-10-7-13-8-11-15/h12-14H,3-11H2,1-2H3. The Morgan fingerprint density at radius 3 is 2.67 bits per heavy atom. The molecular weight excluding hydrogens is 186 g/mol. The lowest BCUT2D eigenvalue weighted by Gasteiger charge is -2.27. The first-order chi connectivity index (χ1) is 7.33. The fourth-order valence-electron chi connectivity index (χ4n) is 1.89. The molecule has 0 aromatic heterocycles. The first kappa shape index (κ1) is 12.9. The molecule has 1 aliphatic heterocycles. The Labute approximate surface area is 94.6 Å². The second-order valence-corrected chi connectivity index (χ2v) is 4.56. The van der Waals surface area contributed by atoms with Gasteiger partial charge in [-0.1, -0.05) is 6.92 Å². The van der Waals surface area contributed by atoms with Crippen LogP contribution in [0.15, 0.2) is 0 Å². The molecule has 0 aliphatic carbocycles. The Kier molecular flexibility index (Phi) is 6.98. The van der Waals surface area contributed by atoms with Crippen LogP contribution >= 0.6 is 0 Å². The first-order valence-corrected chi connectivity index (χ1v) is 6.49. The van der Waals surface area contributed by atoms with Crippen molar-refractivity contribution in [2.24, 2.45) is 0 Å². The van der Waals surface area contributed by atoms with Gasteiger partial charge in [0.1, 0.15) is 0 Å². The summed E-state index contributed by atoms with van der Waals surface area (Å²) in [5, 5.41) is 6.92. The smallest absolute Gasteiger partial charge is 0.0107 e. The van der Waals surface area contributed by atoms with Crippen molar-refractivity contribution in [1.29, 1.82) is 0 Å².